The molecule has 0 bridgehead atoms. The Bertz CT molecular complexity index is 1330. The third kappa shape index (κ3) is 5.05. The van der Waals surface area contributed by atoms with Crippen LogP contribution in [0.1, 0.15) is 52.3 Å². The highest BCUT2D eigenvalue weighted by atomic mass is 16.5. The Morgan fingerprint density at radius 1 is 1.11 bits per heavy atom. The first-order chi connectivity index (χ1) is 17.4. The molecule has 188 valence electrons. The van der Waals surface area contributed by atoms with E-state index in [1.807, 2.05) is 61.0 Å². The van der Waals surface area contributed by atoms with Crippen LogP contribution in [0.25, 0.3) is 16.7 Å². The van der Waals surface area contributed by atoms with E-state index in [0.29, 0.717) is 6.01 Å². The Labute approximate surface area is 210 Å². The first-order valence-corrected chi connectivity index (χ1v) is 12.5. The summed E-state index contributed by atoms with van der Waals surface area (Å²) in [5.41, 5.74) is 1.81. The first-order valence-electron chi connectivity index (χ1n) is 12.5. The molecule has 0 unspecified atom stereocenters. The van der Waals surface area contributed by atoms with Gasteiger partial charge in [-0.1, -0.05) is 32.9 Å². The molecule has 1 aliphatic rings. The molecular formula is C27H32N6O3. The Hall–Kier alpha value is -3.88. The topological polar surface area (TPSA) is 98.3 Å². The van der Waals surface area contributed by atoms with E-state index in [-0.39, 0.29) is 23.8 Å². The normalized spacial score (nSPS) is 14.7. The number of piperidine rings is 1. The summed E-state index contributed by atoms with van der Waals surface area (Å²) in [6.45, 7) is 9.49. The zero-order chi connectivity index (χ0) is 25.2. The molecule has 0 saturated carbocycles. The van der Waals surface area contributed by atoms with Crippen molar-refractivity contribution in [1.29, 1.82) is 0 Å². The first kappa shape index (κ1) is 23.8. The predicted octanol–water partition coefficient (Wildman–Crippen LogP) is 5.17. The zero-order valence-electron chi connectivity index (χ0n) is 21.1. The van der Waals surface area contributed by atoms with E-state index in [1.165, 1.54) is 0 Å². The minimum atomic E-state index is -0.0639. The Morgan fingerprint density at radius 2 is 1.92 bits per heavy atom. The summed E-state index contributed by atoms with van der Waals surface area (Å²) >= 11 is 0. The van der Waals surface area contributed by atoms with Gasteiger partial charge in [0.25, 0.3) is 0 Å². The van der Waals surface area contributed by atoms with Crippen LogP contribution in [0, 0.1) is 5.92 Å². The number of nitrogens with one attached hydrogen (secondary N) is 1. The molecule has 0 atom stereocenters. The summed E-state index contributed by atoms with van der Waals surface area (Å²) in [4.78, 5) is 23.3. The predicted molar refractivity (Wildman–Crippen MR) is 139 cm³/mol. The van der Waals surface area contributed by atoms with Crippen LogP contribution in [-0.2, 0) is 4.79 Å². The third-order valence-electron chi connectivity index (χ3n) is 6.41. The second-order valence-corrected chi connectivity index (χ2v) is 9.85. The number of benzene rings is 1. The maximum absolute atomic E-state index is 12.0. The van der Waals surface area contributed by atoms with Crippen molar-refractivity contribution in [1.82, 2.24) is 19.7 Å². The maximum Gasteiger partial charge on any atom is 0.324 e. The summed E-state index contributed by atoms with van der Waals surface area (Å²) in [6, 6.07) is 12.4. The van der Waals surface area contributed by atoms with Crippen molar-refractivity contribution >= 4 is 28.5 Å². The van der Waals surface area contributed by atoms with Crippen molar-refractivity contribution in [3.8, 4) is 11.6 Å². The Balaban J connectivity index is 1.20. The molecule has 1 fully saturated rings. The summed E-state index contributed by atoms with van der Waals surface area (Å²) in [5.74, 6) is 2.50. The molecule has 4 heterocycles. The second kappa shape index (κ2) is 10.0. The van der Waals surface area contributed by atoms with E-state index < -0.39 is 0 Å². The molecular weight excluding hydrogens is 456 g/mol. The molecule has 3 aromatic heterocycles. The lowest BCUT2D eigenvalue weighted by Gasteiger charge is -2.30. The van der Waals surface area contributed by atoms with Crippen molar-refractivity contribution in [2.45, 2.75) is 52.6 Å². The maximum atomic E-state index is 12.0. The molecule has 1 N–H and O–H groups in total. The van der Waals surface area contributed by atoms with E-state index >= 15 is 0 Å². The minimum absolute atomic E-state index is 0.00613. The van der Waals surface area contributed by atoms with E-state index in [0.717, 1.165) is 59.9 Å². The number of hydrogen-bond donors (Lipinski definition) is 1. The number of aromatic nitrogens is 4. The van der Waals surface area contributed by atoms with Crippen LogP contribution in [0.3, 0.4) is 0 Å². The van der Waals surface area contributed by atoms with Crippen LogP contribution >= 0.6 is 0 Å². The van der Waals surface area contributed by atoms with Gasteiger partial charge >= 0.3 is 6.01 Å². The number of fused-ring (bicyclic) bond motifs is 1. The van der Waals surface area contributed by atoms with Gasteiger partial charge in [0.05, 0.1) is 11.7 Å². The highest BCUT2D eigenvalue weighted by molar-refractivity contribution is 5.95. The monoisotopic (exact) mass is 488 g/mol. The smallest absolute Gasteiger partial charge is 0.324 e. The van der Waals surface area contributed by atoms with E-state index in [4.69, 9.17) is 9.26 Å². The van der Waals surface area contributed by atoms with Crippen molar-refractivity contribution in [3.05, 3.63) is 54.6 Å². The number of carbonyl (C=O) groups is 1. The highest BCUT2D eigenvalue weighted by Gasteiger charge is 2.24. The lowest BCUT2D eigenvalue weighted by atomic mass is 10.1. The quantitative estimate of drug-likeness (QED) is 0.383. The molecule has 0 spiro atoms. The van der Waals surface area contributed by atoms with Gasteiger partial charge in [0.15, 0.2) is 5.82 Å². The number of nitrogens with zero attached hydrogens (tertiary/aromatic N) is 5. The van der Waals surface area contributed by atoms with Gasteiger partial charge in [-0.05, 0) is 36.4 Å². The number of pyridine rings is 1. The Kier molecular flexibility index (Phi) is 6.63. The van der Waals surface area contributed by atoms with Gasteiger partial charge in [0.2, 0.25) is 5.91 Å². The van der Waals surface area contributed by atoms with Gasteiger partial charge in [0.1, 0.15) is 17.7 Å². The Morgan fingerprint density at radius 3 is 2.58 bits per heavy atom. The fourth-order valence-corrected chi connectivity index (χ4v) is 4.24. The molecule has 5 rings (SSSR count). The fraction of sp³-hybridized carbons (Fsp3) is 0.407. The third-order valence-corrected chi connectivity index (χ3v) is 6.41. The molecule has 36 heavy (non-hydrogen) atoms. The number of ether oxygens (including phenoxy) is 1. The average Bonchev–Trinajstić information content (AvgIpc) is 3.53. The average molecular weight is 489 g/mol. The van der Waals surface area contributed by atoms with Gasteiger partial charge in [-0.15, -0.1) is 0 Å². The van der Waals surface area contributed by atoms with Crippen LogP contribution in [0.2, 0.25) is 0 Å². The lowest BCUT2D eigenvalue weighted by molar-refractivity contribution is -0.118. The molecule has 1 aromatic carbocycles. The molecule has 9 nitrogen and oxygen atoms in total. The molecule has 0 radical (unpaired) electrons. The van der Waals surface area contributed by atoms with Crippen molar-refractivity contribution < 1.29 is 14.1 Å². The van der Waals surface area contributed by atoms with Gasteiger partial charge in [-0.2, -0.15) is 4.98 Å². The molecule has 1 saturated heterocycles. The zero-order valence-corrected chi connectivity index (χ0v) is 21.1. The van der Waals surface area contributed by atoms with Gasteiger partial charge in [-0.3, -0.25) is 4.79 Å². The molecule has 1 aliphatic heterocycles. The van der Waals surface area contributed by atoms with Crippen molar-refractivity contribution in [3.63, 3.8) is 0 Å². The van der Waals surface area contributed by atoms with Crippen molar-refractivity contribution in [2.75, 3.05) is 23.3 Å². The van der Waals surface area contributed by atoms with Gasteiger partial charge < -0.3 is 24.0 Å². The number of amides is 1. The minimum Gasteiger partial charge on any atom is -0.489 e. The number of anilines is 2. The summed E-state index contributed by atoms with van der Waals surface area (Å²) in [6.07, 6.45) is 5.63. The largest absolute Gasteiger partial charge is 0.489 e. The number of hydrogen-bond acceptors (Lipinski definition) is 7. The number of rotatable bonds is 7. The number of carbonyl (C=O) groups excluding carboxylic acids is 1. The molecule has 0 aliphatic carbocycles. The van der Waals surface area contributed by atoms with Gasteiger partial charge in [-0.25, -0.2) is 4.98 Å². The lowest BCUT2D eigenvalue weighted by Crippen LogP contribution is -2.38. The van der Waals surface area contributed by atoms with Gasteiger partial charge in [0, 0.05) is 55.0 Å². The van der Waals surface area contributed by atoms with Crippen molar-refractivity contribution in [2.24, 2.45) is 5.92 Å². The van der Waals surface area contributed by atoms with Crippen LogP contribution in [0.5, 0.6) is 5.75 Å². The standard InChI is InChI=1S/C27H32N6O3/c1-17(2)25-30-27(36-31-25)32-12-10-21(11-13-32)35-22-6-8-24(28-16-22)33-14-9-19-15-20(5-7-23(19)33)29-26(34)18(3)4/h5-9,14-18,21H,10-13H2,1-4H3,(H,29,34). The van der Waals surface area contributed by atoms with Crippen LogP contribution in [0.4, 0.5) is 11.7 Å². The molecule has 4 aromatic rings. The van der Waals surface area contributed by atoms with E-state index in [9.17, 15) is 4.79 Å². The SMILES string of the molecule is CC(C)C(=O)Nc1ccc2c(ccn2-c2ccc(OC3CCN(c4nc(C(C)C)no4)CC3)cn2)c1. The molecule has 9 heteroatoms. The second-order valence-electron chi connectivity index (χ2n) is 9.85. The van der Waals surface area contributed by atoms with Crippen LogP contribution < -0.4 is 15.0 Å². The fourth-order valence-electron chi connectivity index (χ4n) is 4.24. The van der Waals surface area contributed by atoms with E-state index in [2.05, 4.69) is 39.2 Å². The molecule has 1 amide bonds. The van der Waals surface area contributed by atoms with E-state index in [1.54, 1.807) is 6.20 Å². The summed E-state index contributed by atoms with van der Waals surface area (Å²) in [5, 5.41) is 8.05. The van der Waals surface area contributed by atoms with Crippen LogP contribution in [-0.4, -0.2) is 44.8 Å². The summed E-state index contributed by atoms with van der Waals surface area (Å²) in [7, 11) is 0. The summed E-state index contributed by atoms with van der Waals surface area (Å²) < 4.78 is 13.7. The van der Waals surface area contributed by atoms with Crippen LogP contribution in [0.15, 0.2) is 53.3 Å². The highest BCUT2D eigenvalue weighted by Crippen LogP contribution is 2.26.